The van der Waals surface area contributed by atoms with E-state index in [1.165, 1.54) is 0 Å². The number of methoxy groups -OCH3 is 1. The van der Waals surface area contributed by atoms with E-state index in [4.69, 9.17) is 16.3 Å². The molecule has 1 heterocycles. The van der Waals surface area contributed by atoms with Crippen LogP contribution >= 0.6 is 11.6 Å². The first kappa shape index (κ1) is 14.4. The van der Waals surface area contributed by atoms with Gasteiger partial charge in [0.25, 0.3) is 5.91 Å². The maximum atomic E-state index is 12.1. The number of amides is 1. The van der Waals surface area contributed by atoms with Gasteiger partial charge in [0.15, 0.2) is 0 Å². The van der Waals surface area contributed by atoms with E-state index >= 15 is 0 Å². The largest absolute Gasteiger partial charge is 0.496 e. The van der Waals surface area contributed by atoms with Gasteiger partial charge in [0.05, 0.1) is 24.9 Å². The fourth-order valence-corrected chi connectivity index (χ4v) is 2.08. The molecular weight excluding hydrogens is 278 g/mol. The highest BCUT2D eigenvalue weighted by molar-refractivity contribution is 6.30. The summed E-state index contributed by atoms with van der Waals surface area (Å²) in [5, 5.41) is 7.48. The molecule has 0 saturated carbocycles. The first-order valence-corrected chi connectivity index (χ1v) is 6.59. The molecule has 2 aromatic rings. The predicted molar refractivity (Wildman–Crippen MR) is 77.3 cm³/mol. The van der Waals surface area contributed by atoms with Gasteiger partial charge in [-0.05, 0) is 19.1 Å². The van der Waals surface area contributed by atoms with Gasteiger partial charge in [0.2, 0.25) is 0 Å². The highest BCUT2D eigenvalue weighted by Gasteiger charge is 2.11. The smallest absolute Gasteiger partial charge is 0.251 e. The lowest BCUT2D eigenvalue weighted by Gasteiger charge is -2.10. The summed E-state index contributed by atoms with van der Waals surface area (Å²) >= 11 is 5.77. The van der Waals surface area contributed by atoms with E-state index in [-0.39, 0.29) is 5.91 Å². The van der Waals surface area contributed by atoms with Gasteiger partial charge in [-0.2, -0.15) is 5.10 Å². The molecule has 5 nitrogen and oxygen atoms in total. The number of hydrogen-bond acceptors (Lipinski definition) is 3. The summed E-state index contributed by atoms with van der Waals surface area (Å²) in [6.07, 6.45) is 3.28. The van der Waals surface area contributed by atoms with Crippen molar-refractivity contribution in [1.82, 2.24) is 15.1 Å². The number of benzene rings is 1. The van der Waals surface area contributed by atoms with E-state index in [9.17, 15) is 4.79 Å². The second-order valence-electron chi connectivity index (χ2n) is 4.31. The average molecular weight is 294 g/mol. The predicted octanol–water partition coefficient (Wildman–Crippen LogP) is 2.28. The van der Waals surface area contributed by atoms with E-state index in [1.807, 2.05) is 13.0 Å². The van der Waals surface area contributed by atoms with Crippen LogP contribution in [0.1, 0.15) is 15.9 Å². The molecule has 1 amide bonds. The fourth-order valence-electron chi connectivity index (χ4n) is 1.92. The molecule has 0 bridgehead atoms. The van der Waals surface area contributed by atoms with Crippen LogP contribution in [0.2, 0.25) is 5.02 Å². The van der Waals surface area contributed by atoms with Crippen LogP contribution in [-0.2, 0) is 6.54 Å². The van der Waals surface area contributed by atoms with Crippen LogP contribution in [0.15, 0.2) is 30.6 Å². The number of ether oxygens (including phenoxy) is 1. The average Bonchev–Trinajstić information content (AvgIpc) is 2.84. The van der Waals surface area contributed by atoms with Gasteiger partial charge >= 0.3 is 0 Å². The summed E-state index contributed by atoms with van der Waals surface area (Å²) in [5.74, 6) is 0.580. The zero-order chi connectivity index (χ0) is 14.5. The van der Waals surface area contributed by atoms with E-state index in [0.29, 0.717) is 29.4 Å². The Morgan fingerprint density at radius 3 is 2.95 bits per heavy atom. The highest BCUT2D eigenvalue weighted by atomic mass is 35.5. The molecule has 106 valence electrons. The normalized spacial score (nSPS) is 10.3. The Balaban J connectivity index is 1.95. The quantitative estimate of drug-likeness (QED) is 0.920. The van der Waals surface area contributed by atoms with Crippen molar-refractivity contribution in [2.75, 3.05) is 13.7 Å². The monoisotopic (exact) mass is 293 g/mol. The van der Waals surface area contributed by atoms with Crippen LogP contribution in [0.5, 0.6) is 5.75 Å². The molecule has 0 saturated heterocycles. The molecule has 0 aliphatic carbocycles. The summed E-state index contributed by atoms with van der Waals surface area (Å²) in [6, 6.07) is 5.41. The molecule has 1 N–H and O–H groups in total. The maximum absolute atomic E-state index is 12.1. The van der Waals surface area contributed by atoms with Crippen molar-refractivity contribution < 1.29 is 9.53 Å². The summed E-state index contributed by atoms with van der Waals surface area (Å²) < 4.78 is 6.89. The second kappa shape index (κ2) is 6.43. The highest BCUT2D eigenvalue weighted by Crippen LogP contribution is 2.20. The number of carbonyl (C=O) groups excluding carboxylic acids is 1. The Kier molecular flexibility index (Phi) is 4.63. The zero-order valence-corrected chi connectivity index (χ0v) is 12.1. The van der Waals surface area contributed by atoms with Crippen LogP contribution in [0.3, 0.4) is 0 Å². The van der Waals surface area contributed by atoms with Gasteiger partial charge in [0, 0.05) is 23.9 Å². The van der Waals surface area contributed by atoms with Gasteiger partial charge in [-0.25, -0.2) is 0 Å². The third-order valence-electron chi connectivity index (χ3n) is 2.98. The van der Waals surface area contributed by atoms with E-state index < -0.39 is 0 Å². The molecule has 1 aromatic carbocycles. The molecule has 20 heavy (non-hydrogen) atoms. The lowest BCUT2D eigenvalue weighted by molar-refractivity contribution is 0.0951. The Morgan fingerprint density at radius 1 is 1.50 bits per heavy atom. The molecule has 0 spiro atoms. The standard InChI is InChI=1S/C14H16ClN3O2/c1-10-12(4-3-5-13(10)20-2)14(19)16-6-7-18-9-11(15)8-17-18/h3-5,8-9H,6-7H2,1-2H3,(H,16,19). The van der Waals surface area contributed by atoms with Gasteiger partial charge < -0.3 is 10.1 Å². The summed E-state index contributed by atoms with van der Waals surface area (Å²) in [5.41, 5.74) is 1.44. The fraction of sp³-hybridized carbons (Fsp3) is 0.286. The summed E-state index contributed by atoms with van der Waals surface area (Å²) in [6.45, 7) is 2.91. The van der Waals surface area contributed by atoms with Gasteiger partial charge in [-0.15, -0.1) is 0 Å². The first-order chi connectivity index (χ1) is 9.61. The minimum absolute atomic E-state index is 0.125. The Labute approximate surface area is 122 Å². The number of halogens is 1. The van der Waals surface area contributed by atoms with Crippen LogP contribution in [0.4, 0.5) is 0 Å². The maximum Gasteiger partial charge on any atom is 0.251 e. The van der Waals surface area contributed by atoms with E-state index in [2.05, 4.69) is 10.4 Å². The molecule has 0 aliphatic rings. The van der Waals surface area contributed by atoms with Crippen molar-refractivity contribution in [3.63, 3.8) is 0 Å². The van der Waals surface area contributed by atoms with E-state index in [0.717, 1.165) is 5.56 Å². The van der Waals surface area contributed by atoms with Crippen molar-refractivity contribution in [3.05, 3.63) is 46.7 Å². The third kappa shape index (κ3) is 3.30. The molecular formula is C14H16ClN3O2. The number of hydrogen-bond donors (Lipinski definition) is 1. The van der Waals surface area contributed by atoms with Gasteiger partial charge in [0.1, 0.15) is 5.75 Å². The van der Waals surface area contributed by atoms with Gasteiger partial charge in [-0.1, -0.05) is 17.7 Å². The zero-order valence-electron chi connectivity index (χ0n) is 11.4. The number of rotatable bonds is 5. The Morgan fingerprint density at radius 2 is 2.30 bits per heavy atom. The molecule has 0 atom stereocenters. The van der Waals surface area contributed by atoms with E-state index in [1.54, 1.807) is 36.3 Å². The van der Waals surface area contributed by atoms with Crippen molar-refractivity contribution in [1.29, 1.82) is 0 Å². The SMILES string of the molecule is COc1cccc(C(=O)NCCn2cc(Cl)cn2)c1C. The van der Waals surface area contributed by atoms with Crippen molar-refractivity contribution in [3.8, 4) is 5.75 Å². The van der Waals surface area contributed by atoms with Crippen molar-refractivity contribution in [2.45, 2.75) is 13.5 Å². The lowest BCUT2D eigenvalue weighted by atomic mass is 10.1. The molecule has 0 radical (unpaired) electrons. The Hall–Kier alpha value is -2.01. The minimum atomic E-state index is -0.125. The number of nitrogens with one attached hydrogen (secondary N) is 1. The molecule has 1 aromatic heterocycles. The van der Waals surface area contributed by atoms with Crippen molar-refractivity contribution >= 4 is 17.5 Å². The third-order valence-corrected chi connectivity index (χ3v) is 3.17. The second-order valence-corrected chi connectivity index (χ2v) is 4.75. The van der Waals surface area contributed by atoms with Crippen LogP contribution in [0.25, 0.3) is 0 Å². The molecule has 6 heteroatoms. The topological polar surface area (TPSA) is 56.1 Å². The number of nitrogens with zero attached hydrogens (tertiary/aromatic N) is 2. The number of carbonyl (C=O) groups is 1. The van der Waals surface area contributed by atoms with Crippen LogP contribution in [-0.4, -0.2) is 29.3 Å². The van der Waals surface area contributed by atoms with Crippen molar-refractivity contribution in [2.24, 2.45) is 0 Å². The molecule has 2 rings (SSSR count). The molecule has 0 fully saturated rings. The van der Waals surface area contributed by atoms with Crippen LogP contribution in [0, 0.1) is 6.92 Å². The summed E-state index contributed by atoms with van der Waals surface area (Å²) in [7, 11) is 1.59. The lowest BCUT2D eigenvalue weighted by Crippen LogP contribution is -2.28. The molecule has 0 aliphatic heterocycles. The summed E-state index contributed by atoms with van der Waals surface area (Å²) in [4.78, 5) is 12.1. The van der Waals surface area contributed by atoms with Crippen LogP contribution < -0.4 is 10.1 Å². The van der Waals surface area contributed by atoms with Gasteiger partial charge in [-0.3, -0.25) is 9.48 Å². The Bertz CT molecular complexity index is 610. The minimum Gasteiger partial charge on any atom is -0.496 e. The number of aromatic nitrogens is 2. The first-order valence-electron chi connectivity index (χ1n) is 6.21. The molecule has 0 unspecified atom stereocenters.